The number of allylic oxidation sites excluding steroid dienone is 2. The van der Waals surface area contributed by atoms with Crippen molar-refractivity contribution in [1.82, 2.24) is 9.97 Å². The van der Waals surface area contributed by atoms with Crippen molar-refractivity contribution >= 4 is 11.6 Å². The van der Waals surface area contributed by atoms with Gasteiger partial charge in [0.2, 0.25) is 5.88 Å². The fraction of sp³-hybridized carbons (Fsp3) is 0.250. The summed E-state index contributed by atoms with van der Waals surface area (Å²) < 4.78 is 11.2. The highest BCUT2D eigenvalue weighted by Crippen LogP contribution is 2.21. The largest absolute Gasteiger partial charge is 0.458 e. The van der Waals surface area contributed by atoms with Gasteiger partial charge in [-0.1, -0.05) is 48.9 Å². The highest BCUT2D eigenvalue weighted by Gasteiger charge is 2.07. The Balaban J connectivity index is 2.08. The molecule has 110 valence electrons. The lowest BCUT2D eigenvalue weighted by atomic mass is 10.2. The van der Waals surface area contributed by atoms with Gasteiger partial charge in [-0.25, -0.2) is 0 Å². The highest BCUT2D eigenvalue weighted by molar-refractivity contribution is 6.29. The van der Waals surface area contributed by atoms with E-state index < -0.39 is 0 Å². The second-order valence-corrected chi connectivity index (χ2v) is 4.68. The van der Waals surface area contributed by atoms with E-state index in [1.165, 1.54) is 0 Å². The summed E-state index contributed by atoms with van der Waals surface area (Å²) in [5.74, 6) is 1.20. The van der Waals surface area contributed by atoms with Gasteiger partial charge in [-0.15, -0.1) is 0 Å². The first-order valence-corrected chi connectivity index (χ1v) is 7.13. The number of rotatable bonds is 6. The molecule has 0 aliphatic carbocycles. The lowest BCUT2D eigenvalue weighted by Gasteiger charge is -2.09. The third-order valence-corrected chi connectivity index (χ3v) is 2.96. The van der Waals surface area contributed by atoms with E-state index in [-0.39, 0.29) is 11.2 Å². The summed E-state index contributed by atoms with van der Waals surface area (Å²) in [6.45, 7) is 4.30. The summed E-state index contributed by atoms with van der Waals surface area (Å²) in [6.07, 6.45) is 2.67. The summed E-state index contributed by atoms with van der Waals surface area (Å²) in [7, 11) is 0. The van der Waals surface area contributed by atoms with Gasteiger partial charge in [0.25, 0.3) is 0 Å². The Hall–Kier alpha value is -2.07. The average molecular weight is 305 g/mol. The molecule has 0 aliphatic rings. The fourth-order valence-corrected chi connectivity index (χ4v) is 1.85. The van der Waals surface area contributed by atoms with Crippen LogP contribution in [0.2, 0.25) is 5.15 Å². The predicted molar refractivity (Wildman–Crippen MR) is 82.5 cm³/mol. The van der Waals surface area contributed by atoms with Gasteiger partial charge < -0.3 is 9.47 Å². The number of halogens is 1. The Morgan fingerprint density at radius 2 is 2.00 bits per heavy atom. The SMILES string of the molecule is CC=C(CC)Oc1cc(Cl)nc(OCc2ccccc2)n1. The zero-order chi connectivity index (χ0) is 15.1. The first-order chi connectivity index (χ1) is 10.2. The zero-order valence-electron chi connectivity index (χ0n) is 12.0. The molecule has 0 bridgehead atoms. The molecule has 0 radical (unpaired) electrons. The quantitative estimate of drug-likeness (QED) is 0.586. The number of aromatic nitrogens is 2. The molecule has 0 saturated heterocycles. The Bertz CT molecular complexity index is 615. The Morgan fingerprint density at radius 1 is 1.24 bits per heavy atom. The van der Waals surface area contributed by atoms with Crippen molar-refractivity contribution in [3.05, 3.63) is 58.9 Å². The van der Waals surface area contributed by atoms with Gasteiger partial charge in [0.05, 0.1) is 0 Å². The van der Waals surface area contributed by atoms with E-state index in [0.717, 1.165) is 17.7 Å². The maximum absolute atomic E-state index is 5.97. The Kier molecular flexibility index (Phi) is 5.58. The molecule has 1 aromatic heterocycles. The van der Waals surface area contributed by atoms with Crippen LogP contribution in [0, 0.1) is 0 Å². The van der Waals surface area contributed by atoms with E-state index in [1.54, 1.807) is 6.07 Å². The molecule has 0 spiro atoms. The van der Waals surface area contributed by atoms with Crippen molar-refractivity contribution in [2.24, 2.45) is 0 Å². The summed E-state index contributed by atoms with van der Waals surface area (Å²) in [5, 5.41) is 0.287. The highest BCUT2D eigenvalue weighted by atomic mass is 35.5. The van der Waals surface area contributed by atoms with Crippen molar-refractivity contribution in [1.29, 1.82) is 0 Å². The summed E-state index contributed by atoms with van der Waals surface area (Å²) in [6, 6.07) is 11.6. The lowest BCUT2D eigenvalue weighted by Crippen LogP contribution is -2.02. The van der Waals surface area contributed by atoms with Gasteiger partial charge >= 0.3 is 6.01 Å². The molecule has 0 saturated carbocycles. The molecule has 0 atom stereocenters. The molecule has 1 heterocycles. The number of hydrogen-bond acceptors (Lipinski definition) is 4. The smallest absolute Gasteiger partial charge is 0.321 e. The van der Waals surface area contributed by atoms with E-state index >= 15 is 0 Å². The van der Waals surface area contributed by atoms with Crippen LogP contribution in [-0.4, -0.2) is 9.97 Å². The first-order valence-electron chi connectivity index (χ1n) is 6.75. The number of benzene rings is 1. The van der Waals surface area contributed by atoms with E-state index in [0.29, 0.717) is 12.5 Å². The molecular formula is C16H17ClN2O2. The van der Waals surface area contributed by atoms with Crippen LogP contribution in [0.5, 0.6) is 11.9 Å². The molecule has 4 nitrogen and oxygen atoms in total. The van der Waals surface area contributed by atoms with Crippen molar-refractivity contribution in [3.63, 3.8) is 0 Å². The topological polar surface area (TPSA) is 44.2 Å². The molecule has 5 heteroatoms. The second kappa shape index (κ2) is 7.64. The van der Waals surface area contributed by atoms with Crippen LogP contribution in [0.4, 0.5) is 0 Å². The van der Waals surface area contributed by atoms with Crippen LogP contribution in [0.25, 0.3) is 0 Å². The van der Waals surface area contributed by atoms with Crippen LogP contribution in [0.15, 0.2) is 48.2 Å². The molecule has 0 unspecified atom stereocenters. The van der Waals surface area contributed by atoms with Gasteiger partial charge in [-0.3, -0.25) is 0 Å². The zero-order valence-corrected chi connectivity index (χ0v) is 12.8. The van der Waals surface area contributed by atoms with Crippen LogP contribution in [0.1, 0.15) is 25.8 Å². The average Bonchev–Trinajstić information content (AvgIpc) is 2.51. The van der Waals surface area contributed by atoms with Crippen LogP contribution < -0.4 is 9.47 Å². The van der Waals surface area contributed by atoms with Crippen molar-refractivity contribution < 1.29 is 9.47 Å². The minimum Gasteiger partial charge on any atom is -0.458 e. The summed E-state index contributed by atoms with van der Waals surface area (Å²) in [5.41, 5.74) is 1.03. The number of hydrogen-bond donors (Lipinski definition) is 0. The van der Waals surface area contributed by atoms with E-state index in [2.05, 4.69) is 9.97 Å². The fourth-order valence-electron chi connectivity index (χ4n) is 1.69. The minimum atomic E-state index is 0.202. The summed E-state index contributed by atoms with van der Waals surface area (Å²) in [4.78, 5) is 8.24. The normalized spacial score (nSPS) is 11.3. The molecule has 2 rings (SSSR count). The van der Waals surface area contributed by atoms with Gasteiger partial charge in [-0.2, -0.15) is 9.97 Å². The van der Waals surface area contributed by atoms with Crippen LogP contribution >= 0.6 is 11.6 Å². The minimum absolute atomic E-state index is 0.202. The maximum atomic E-state index is 5.97. The second-order valence-electron chi connectivity index (χ2n) is 4.30. The first kappa shape index (κ1) is 15.3. The van der Waals surface area contributed by atoms with Gasteiger partial charge in [0, 0.05) is 12.5 Å². The molecule has 0 amide bonds. The van der Waals surface area contributed by atoms with Crippen LogP contribution in [0.3, 0.4) is 0 Å². The van der Waals surface area contributed by atoms with Crippen molar-refractivity contribution in [3.8, 4) is 11.9 Å². The van der Waals surface area contributed by atoms with Crippen LogP contribution in [-0.2, 0) is 6.61 Å². The van der Waals surface area contributed by atoms with E-state index in [1.807, 2.05) is 50.3 Å². The molecule has 0 N–H and O–H groups in total. The molecule has 0 aliphatic heterocycles. The van der Waals surface area contributed by atoms with Gasteiger partial charge in [-0.05, 0) is 18.6 Å². The molecule has 2 aromatic rings. The Morgan fingerprint density at radius 3 is 2.67 bits per heavy atom. The Labute approximate surface area is 129 Å². The summed E-state index contributed by atoms with van der Waals surface area (Å²) >= 11 is 5.97. The monoisotopic (exact) mass is 304 g/mol. The van der Waals surface area contributed by atoms with E-state index in [4.69, 9.17) is 21.1 Å². The van der Waals surface area contributed by atoms with Gasteiger partial charge in [0.15, 0.2) is 0 Å². The third kappa shape index (κ3) is 4.76. The third-order valence-electron chi connectivity index (χ3n) is 2.77. The lowest BCUT2D eigenvalue weighted by molar-refractivity contribution is 0.274. The molecule has 0 fully saturated rings. The van der Waals surface area contributed by atoms with Gasteiger partial charge in [0.1, 0.15) is 17.5 Å². The number of nitrogens with zero attached hydrogens (tertiary/aromatic N) is 2. The van der Waals surface area contributed by atoms with Crippen molar-refractivity contribution in [2.75, 3.05) is 0 Å². The van der Waals surface area contributed by atoms with Crippen molar-refractivity contribution in [2.45, 2.75) is 26.9 Å². The molecule has 21 heavy (non-hydrogen) atoms. The maximum Gasteiger partial charge on any atom is 0.321 e. The van der Waals surface area contributed by atoms with E-state index in [9.17, 15) is 0 Å². The number of ether oxygens (including phenoxy) is 2. The predicted octanol–water partition coefficient (Wildman–Crippen LogP) is 4.40. The molecular weight excluding hydrogens is 288 g/mol. The standard InChI is InChI=1S/C16H17ClN2O2/c1-3-13(4-2)21-15-10-14(17)18-16(19-15)20-11-12-8-6-5-7-9-12/h3,5-10H,4,11H2,1-2H3. The molecule has 1 aromatic carbocycles.